The van der Waals surface area contributed by atoms with Crippen molar-refractivity contribution in [3.8, 4) is 0 Å². The number of rotatable bonds is 36. The fraction of sp³-hybridized carbons (Fsp3) is 0.672. The molecule has 1 fully saturated rings. The SMILES string of the molecule is CCCC[C@@H]1NC(=O)[C@H](CCCN=C(N)N)NC(=O)[C@H](C)NC(=O)[C@H](NC(=O)[C@H](CO)NC(=O)[C@@H](NC(=O)[C@H](NC(=O)[C@@H](CCCN=C(N)N)NC(=O)[C@H](CO)NC(=O)[C@@H](NC(=O)[C@@H](Cc2ccccc2)NC)[C@@H](C)CC)[C@@H](C)CC)[C@@H](C)CC)CNC1=O. The van der Waals surface area contributed by atoms with E-state index in [1.165, 1.54) is 6.92 Å². The molecule has 0 aromatic heterocycles. The van der Waals surface area contributed by atoms with Gasteiger partial charge in [-0.2, -0.15) is 0 Å². The van der Waals surface area contributed by atoms with Crippen molar-refractivity contribution in [3.05, 3.63) is 35.9 Å². The van der Waals surface area contributed by atoms with Gasteiger partial charge in [0, 0.05) is 19.6 Å². The highest BCUT2D eigenvalue weighted by Gasteiger charge is 2.39. The number of likely N-dealkylation sites (N-methyl/N-ethyl adjacent to an activating group) is 1. The van der Waals surface area contributed by atoms with Crippen LogP contribution in [-0.2, 0) is 59.2 Å². The third-order valence-electron chi connectivity index (χ3n) is 15.5. The van der Waals surface area contributed by atoms with Crippen LogP contribution in [-0.4, -0.2) is 193 Å². The third-order valence-corrected chi connectivity index (χ3v) is 15.5. The first kappa shape index (κ1) is 76.9. The van der Waals surface area contributed by atoms with Gasteiger partial charge in [-0.25, -0.2) is 0 Å². The Balaban J connectivity index is 2.40. The molecule has 0 bridgehead atoms. The summed E-state index contributed by atoms with van der Waals surface area (Å²) in [6.45, 7) is 11.1. The number of hydrogen-bond acceptors (Lipinski definition) is 16. The first-order valence-electron chi connectivity index (χ1n) is 30.6. The van der Waals surface area contributed by atoms with Gasteiger partial charge >= 0.3 is 0 Å². The van der Waals surface area contributed by atoms with Crippen molar-refractivity contribution in [2.75, 3.05) is 39.9 Å². The summed E-state index contributed by atoms with van der Waals surface area (Å²) in [5, 5.41) is 52.4. The second-order valence-electron chi connectivity index (χ2n) is 22.4. The van der Waals surface area contributed by atoms with E-state index in [9.17, 15) is 63.0 Å². The topological polar surface area (TPSA) is 501 Å². The zero-order valence-corrected chi connectivity index (χ0v) is 52.9. The van der Waals surface area contributed by atoms with Crippen molar-refractivity contribution in [1.82, 2.24) is 63.8 Å². The molecule has 1 heterocycles. The Morgan fingerprint density at radius 2 is 0.989 bits per heavy atom. The zero-order valence-electron chi connectivity index (χ0n) is 52.9. The summed E-state index contributed by atoms with van der Waals surface area (Å²) in [7, 11) is 1.61. The van der Waals surface area contributed by atoms with E-state index in [2.05, 4.69) is 73.8 Å². The number of hydrogen-bond donors (Lipinski definition) is 18. The Hall–Kier alpha value is -8.19. The van der Waals surface area contributed by atoms with Gasteiger partial charge in [-0.1, -0.05) is 111 Å². The molecule has 89 heavy (non-hydrogen) atoms. The maximum Gasteiger partial charge on any atom is 0.245 e. The lowest BCUT2D eigenvalue weighted by atomic mass is 9.94. The molecule has 22 N–H and O–H groups in total. The summed E-state index contributed by atoms with van der Waals surface area (Å²) in [6, 6.07) is -5.47. The summed E-state index contributed by atoms with van der Waals surface area (Å²) in [5.74, 6) is -11.3. The Morgan fingerprint density at radius 1 is 0.551 bits per heavy atom. The number of amides is 11. The van der Waals surface area contributed by atoms with Crippen LogP contribution >= 0.6 is 0 Å². The lowest BCUT2D eigenvalue weighted by Gasteiger charge is -2.31. The van der Waals surface area contributed by atoms with Crippen LogP contribution in [0.25, 0.3) is 0 Å². The van der Waals surface area contributed by atoms with Crippen LogP contribution in [0.1, 0.15) is 125 Å². The predicted octanol–water partition coefficient (Wildman–Crippen LogP) is -4.76. The molecule has 31 nitrogen and oxygen atoms in total. The van der Waals surface area contributed by atoms with Crippen molar-refractivity contribution in [3.63, 3.8) is 0 Å². The van der Waals surface area contributed by atoms with Crippen LogP contribution in [0, 0.1) is 17.8 Å². The number of aliphatic hydroxyl groups is 2. The molecule has 0 unspecified atom stereocenters. The molecule has 500 valence electrons. The molecule has 2 rings (SSSR count). The highest BCUT2D eigenvalue weighted by Crippen LogP contribution is 2.16. The number of aliphatic hydroxyl groups excluding tert-OH is 2. The van der Waals surface area contributed by atoms with Crippen LogP contribution in [0.4, 0.5) is 0 Å². The van der Waals surface area contributed by atoms with Gasteiger partial charge in [0.1, 0.15) is 60.4 Å². The van der Waals surface area contributed by atoms with E-state index in [4.69, 9.17) is 22.9 Å². The molecule has 1 aliphatic heterocycles. The molecule has 1 aliphatic rings. The fourth-order valence-corrected chi connectivity index (χ4v) is 9.19. The fourth-order valence-electron chi connectivity index (χ4n) is 9.19. The molecular formula is C58H100N18O13. The highest BCUT2D eigenvalue weighted by molar-refractivity contribution is 5.99. The lowest BCUT2D eigenvalue weighted by molar-refractivity contribution is -0.137. The van der Waals surface area contributed by atoms with Gasteiger partial charge in [0.25, 0.3) is 0 Å². The van der Waals surface area contributed by atoms with Crippen LogP contribution in [0.3, 0.4) is 0 Å². The van der Waals surface area contributed by atoms with E-state index in [1.807, 2.05) is 44.2 Å². The van der Waals surface area contributed by atoms with Crippen molar-refractivity contribution < 1.29 is 63.0 Å². The largest absolute Gasteiger partial charge is 0.394 e. The summed E-state index contributed by atoms with van der Waals surface area (Å²) in [5.41, 5.74) is 22.8. The summed E-state index contributed by atoms with van der Waals surface area (Å²) < 4.78 is 0. The second-order valence-corrected chi connectivity index (χ2v) is 22.4. The Labute approximate surface area is 521 Å². The van der Waals surface area contributed by atoms with Crippen molar-refractivity contribution in [2.45, 2.75) is 192 Å². The molecule has 1 aromatic rings. The van der Waals surface area contributed by atoms with Gasteiger partial charge in [0.15, 0.2) is 11.9 Å². The average Bonchev–Trinajstić information content (AvgIpc) is 3.59. The molecule has 0 radical (unpaired) electrons. The van der Waals surface area contributed by atoms with E-state index in [0.717, 1.165) is 5.56 Å². The molecule has 0 saturated carbocycles. The number of benzene rings is 1. The molecule has 1 saturated heterocycles. The number of nitrogens with two attached hydrogens (primary N) is 4. The minimum absolute atomic E-state index is 0.0123. The van der Waals surface area contributed by atoms with Crippen molar-refractivity contribution in [2.24, 2.45) is 50.7 Å². The van der Waals surface area contributed by atoms with E-state index in [1.54, 1.807) is 41.7 Å². The van der Waals surface area contributed by atoms with Crippen molar-refractivity contribution in [1.29, 1.82) is 0 Å². The monoisotopic (exact) mass is 1260 g/mol. The quantitative estimate of drug-likeness (QED) is 0.0170. The van der Waals surface area contributed by atoms with Crippen LogP contribution in [0.5, 0.6) is 0 Å². The Bertz CT molecular complexity index is 2550. The predicted molar refractivity (Wildman–Crippen MR) is 333 cm³/mol. The van der Waals surface area contributed by atoms with E-state index >= 15 is 0 Å². The van der Waals surface area contributed by atoms with Gasteiger partial charge in [0.2, 0.25) is 65.0 Å². The van der Waals surface area contributed by atoms with Crippen LogP contribution < -0.4 is 86.7 Å². The second kappa shape index (κ2) is 40.4. The maximum atomic E-state index is 14.5. The van der Waals surface area contributed by atoms with Crippen LogP contribution in [0.2, 0.25) is 0 Å². The molecule has 31 heteroatoms. The van der Waals surface area contributed by atoms with Crippen molar-refractivity contribution >= 4 is 76.9 Å². The Morgan fingerprint density at radius 3 is 1.48 bits per heavy atom. The first-order chi connectivity index (χ1) is 42.2. The number of nitrogens with one attached hydrogen (secondary N) is 12. The number of carbonyl (C=O) groups is 11. The minimum Gasteiger partial charge on any atom is -0.394 e. The molecule has 11 amide bonds. The van der Waals surface area contributed by atoms with Gasteiger partial charge in [-0.3, -0.25) is 62.7 Å². The van der Waals surface area contributed by atoms with Gasteiger partial charge < -0.3 is 96.9 Å². The summed E-state index contributed by atoms with van der Waals surface area (Å²) in [4.78, 5) is 161. The normalized spacial score (nSPS) is 19.7. The average molecular weight is 1260 g/mol. The molecule has 0 aliphatic carbocycles. The minimum atomic E-state index is -1.77. The third kappa shape index (κ3) is 26.6. The van der Waals surface area contributed by atoms with Gasteiger partial charge in [-0.05, 0) is 75.8 Å². The summed E-state index contributed by atoms with van der Waals surface area (Å²) in [6.07, 6.45) is 2.95. The molecule has 1 aromatic carbocycles. The van der Waals surface area contributed by atoms with E-state index in [0.29, 0.717) is 32.1 Å². The molecule has 14 atom stereocenters. The van der Waals surface area contributed by atoms with Gasteiger partial charge in [-0.15, -0.1) is 0 Å². The number of unbranched alkanes of at least 4 members (excludes halogenated alkanes) is 1. The summed E-state index contributed by atoms with van der Waals surface area (Å²) >= 11 is 0. The van der Waals surface area contributed by atoms with Gasteiger partial charge in [0.05, 0.1) is 19.3 Å². The zero-order chi connectivity index (χ0) is 66.9. The smallest absolute Gasteiger partial charge is 0.245 e. The highest BCUT2D eigenvalue weighted by atomic mass is 16.3. The lowest BCUT2D eigenvalue weighted by Crippen LogP contribution is -2.63. The number of nitrogens with zero attached hydrogens (tertiary/aromatic N) is 2. The Kier molecular flexibility index (Phi) is 34.9. The van der Waals surface area contributed by atoms with E-state index in [-0.39, 0.29) is 63.5 Å². The maximum absolute atomic E-state index is 14.5. The molecular weight excluding hydrogens is 1160 g/mol. The van der Waals surface area contributed by atoms with E-state index < -0.39 is 169 Å². The standard InChI is InChI=1S/C58H100N18O13/c1-10-14-22-36-47(80)66-28-40(51(84)67-34(8)46(79)68-37(48(81)69-36)23-18-25-64-57(59)60)71-53(86)42(30-78)73-55(88)44(32(6)12-3)76-56(89)45(33(7)13-4)74-49(82)38(24-19-26-65-58(61)62)70-52(85)41(29-77)72-54(87)43(31(5)11-2)75-50(83)39(63-9)27-35-20-16-15-17-21-35/h15-17,20-21,31-34,36-45,63,77-78H,10-14,18-19,22-30H2,1-9H3,(H,66,80)(H,67,84)(H,68,79)(H,69,81)(H,70,85)(H,71,86)(H,72,87)(H,73,88)(H,74,82)(H,75,83)(H,76,89)(H4,59,60,64)(H4,61,62,65)/t31-,32-,33-,34-,36-,37-,38+,39+,40+,41-,42-,43-,44-,45+/m0/s1. The number of guanidine groups is 2. The number of carbonyl (C=O) groups excluding carboxylic acids is 11. The number of aliphatic imine (C=N–C) groups is 2. The van der Waals surface area contributed by atoms with Crippen LogP contribution in [0.15, 0.2) is 40.3 Å². The first-order valence-corrected chi connectivity index (χ1v) is 30.6. The molecule has 0 spiro atoms.